The lowest BCUT2D eigenvalue weighted by Gasteiger charge is -2.46. The zero-order valence-corrected chi connectivity index (χ0v) is 61.3. The van der Waals surface area contributed by atoms with Crippen molar-refractivity contribution in [1.82, 2.24) is 5.32 Å². The van der Waals surface area contributed by atoms with Gasteiger partial charge in [0, 0.05) is 6.42 Å². The molecule has 12 unspecified atom stereocenters. The zero-order chi connectivity index (χ0) is 70.1. The molecular formula is C83H145NO13. The monoisotopic (exact) mass is 1360 g/mol. The van der Waals surface area contributed by atoms with Crippen molar-refractivity contribution in [1.29, 1.82) is 0 Å². The zero-order valence-electron chi connectivity index (χ0n) is 61.3. The van der Waals surface area contributed by atoms with Crippen LogP contribution in [0.1, 0.15) is 316 Å². The van der Waals surface area contributed by atoms with E-state index in [0.29, 0.717) is 12.8 Å². The van der Waals surface area contributed by atoms with Crippen molar-refractivity contribution >= 4 is 5.91 Å². The van der Waals surface area contributed by atoms with Crippen LogP contribution in [0.5, 0.6) is 0 Å². The number of hydrogen-bond donors (Lipinski definition) is 9. The van der Waals surface area contributed by atoms with E-state index in [4.69, 9.17) is 18.9 Å². The molecule has 2 fully saturated rings. The second kappa shape index (κ2) is 65.9. The summed E-state index contributed by atoms with van der Waals surface area (Å²) in [6.45, 7) is 2.69. The number of allylic oxidation sites excluding steroid dienone is 17. The van der Waals surface area contributed by atoms with E-state index in [1.54, 1.807) is 6.08 Å². The Kier molecular flexibility index (Phi) is 61.0. The van der Waals surface area contributed by atoms with Gasteiger partial charge in [0.2, 0.25) is 5.91 Å². The Hall–Kier alpha value is -3.35. The van der Waals surface area contributed by atoms with Crippen molar-refractivity contribution in [3.8, 4) is 0 Å². The fraction of sp³-hybridized carbons (Fsp3) is 0.771. The second-order valence-electron chi connectivity index (χ2n) is 27.4. The molecule has 0 spiro atoms. The van der Waals surface area contributed by atoms with Crippen LogP contribution in [-0.2, 0) is 23.7 Å². The van der Waals surface area contributed by atoms with Crippen molar-refractivity contribution in [2.24, 2.45) is 0 Å². The third-order valence-corrected chi connectivity index (χ3v) is 18.7. The number of aliphatic hydroxyl groups is 8. The first-order valence-electron chi connectivity index (χ1n) is 39.6. The van der Waals surface area contributed by atoms with Gasteiger partial charge in [-0.05, 0) is 96.3 Å². The summed E-state index contributed by atoms with van der Waals surface area (Å²) in [4.78, 5) is 13.4. The molecular weight excluding hydrogens is 1220 g/mol. The van der Waals surface area contributed by atoms with Crippen molar-refractivity contribution in [2.45, 2.75) is 389 Å². The van der Waals surface area contributed by atoms with E-state index >= 15 is 0 Å². The molecule has 1 amide bonds. The molecule has 2 rings (SSSR count). The van der Waals surface area contributed by atoms with Crippen LogP contribution in [0.2, 0.25) is 0 Å². The summed E-state index contributed by atoms with van der Waals surface area (Å²) in [5.74, 6) is -0.251. The highest BCUT2D eigenvalue weighted by Gasteiger charge is 2.51. The van der Waals surface area contributed by atoms with Gasteiger partial charge in [0.1, 0.15) is 48.8 Å². The van der Waals surface area contributed by atoms with E-state index in [1.807, 2.05) is 6.08 Å². The maximum atomic E-state index is 13.4. The van der Waals surface area contributed by atoms with E-state index < -0.39 is 86.8 Å². The topological polar surface area (TPSA) is 228 Å². The van der Waals surface area contributed by atoms with Crippen LogP contribution in [-0.4, -0.2) is 140 Å². The fourth-order valence-corrected chi connectivity index (χ4v) is 12.4. The lowest BCUT2D eigenvalue weighted by atomic mass is 9.97. The first kappa shape index (κ1) is 89.7. The smallest absolute Gasteiger partial charge is 0.220 e. The number of nitrogens with one attached hydrogen (secondary N) is 1. The molecule has 97 heavy (non-hydrogen) atoms. The maximum Gasteiger partial charge on any atom is 0.220 e. The van der Waals surface area contributed by atoms with Crippen molar-refractivity contribution in [3.63, 3.8) is 0 Å². The predicted molar refractivity (Wildman–Crippen MR) is 401 cm³/mol. The lowest BCUT2D eigenvalue weighted by Crippen LogP contribution is -2.65. The summed E-state index contributed by atoms with van der Waals surface area (Å²) in [5, 5.41) is 87.6. The molecule has 0 aromatic heterocycles. The molecule has 0 aromatic carbocycles. The second-order valence-corrected chi connectivity index (χ2v) is 27.4. The molecule has 2 saturated heterocycles. The summed E-state index contributed by atoms with van der Waals surface area (Å²) >= 11 is 0. The molecule has 14 heteroatoms. The maximum absolute atomic E-state index is 13.4. The van der Waals surface area contributed by atoms with Gasteiger partial charge < -0.3 is 65.1 Å². The average molecular weight is 1370 g/mol. The number of hydrogen-bond acceptors (Lipinski definition) is 13. The number of rotatable bonds is 65. The van der Waals surface area contributed by atoms with E-state index in [1.165, 1.54) is 199 Å². The molecule has 0 bridgehead atoms. The van der Waals surface area contributed by atoms with Crippen LogP contribution in [0.15, 0.2) is 109 Å². The number of aliphatic hydroxyl groups excluding tert-OH is 8. The average Bonchev–Trinajstić information content (AvgIpc) is 0.794. The van der Waals surface area contributed by atoms with Gasteiger partial charge in [-0.3, -0.25) is 4.79 Å². The highest BCUT2D eigenvalue weighted by atomic mass is 16.7. The van der Waals surface area contributed by atoms with Gasteiger partial charge in [-0.2, -0.15) is 0 Å². The molecule has 9 N–H and O–H groups in total. The van der Waals surface area contributed by atoms with E-state index in [0.717, 1.165) is 83.5 Å². The molecule has 2 heterocycles. The first-order chi connectivity index (χ1) is 47.6. The van der Waals surface area contributed by atoms with Crippen LogP contribution in [0.4, 0.5) is 0 Å². The molecule has 560 valence electrons. The van der Waals surface area contributed by atoms with Crippen molar-refractivity contribution in [2.75, 3.05) is 19.8 Å². The molecule has 0 aromatic rings. The van der Waals surface area contributed by atoms with E-state index in [2.05, 4.69) is 116 Å². The van der Waals surface area contributed by atoms with Crippen LogP contribution >= 0.6 is 0 Å². The minimum Gasteiger partial charge on any atom is -0.394 e. The van der Waals surface area contributed by atoms with Gasteiger partial charge >= 0.3 is 0 Å². The number of unbranched alkanes of at least 4 members (excludes halogenated alkanes) is 36. The molecule has 0 radical (unpaired) electrons. The Morgan fingerprint density at radius 2 is 0.722 bits per heavy atom. The SMILES string of the molecule is CC/C=C\C/C=C\C/C=C\C/C=C\C/C=C\C/C=C\CCCCCCCCCCCCCCCCCCCCCCC(=O)NC(COC1OC(CO)C(OC2OC(CO)C(O)C(O)C2O)C(O)C1O)C(O)/C=C/CC/C=C/CC/C=C/CCCCCCCCCCCCCCCC. The normalized spacial score (nSPS) is 22.7. The Balaban J connectivity index is 1.61. The summed E-state index contributed by atoms with van der Waals surface area (Å²) in [5.41, 5.74) is 0. The summed E-state index contributed by atoms with van der Waals surface area (Å²) in [7, 11) is 0. The molecule has 2 aliphatic rings. The fourth-order valence-electron chi connectivity index (χ4n) is 12.4. The summed E-state index contributed by atoms with van der Waals surface area (Å²) < 4.78 is 22.9. The number of carbonyl (C=O) groups is 1. The Morgan fingerprint density at radius 1 is 0.381 bits per heavy atom. The van der Waals surface area contributed by atoms with Crippen molar-refractivity contribution < 1.29 is 64.6 Å². The Bertz CT molecular complexity index is 2050. The van der Waals surface area contributed by atoms with Crippen LogP contribution in [0.25, 0.3) is 0 Å². The van der Waals surface area contributed by atoms with E-state index in [-0.39, 0.29) is 18.9 Å². The third-order valence-electron chi connectivity index (χ3n) is 18.7. The lowest BCUT2D eigenvalue weighted by molar-refractivity contribution is -0.359. The molecule has 12 atom stereocenters. The highest BCUT2D eigenvalue weighted by molar-refractivity contribution is 5.76. The highest BCUT2D eigenvalue weighted by Crippen LogP contribution is 2.30. The minimum absolute atomic E-state index is 0.251. The Labute approximate surface area is 591 Å². The number of amides is 1. The molecule has 0 aliphatic carbocycles. The number of ether oxygens (including phenoxy) is 4. The van der Waals surface area contributed by atoms with Gasteiger partial charge in [0.05, 0.1) is 32.0 Å². The summed E-state index contributed by atoms with van der Waals surface area (Å²) in [6, 6.07) is -0.944. The largest absolute Gasteiger partial charge is 0.394 e. The van der Waals surface area contributed by atoms with Gasteiger partial charge in [0.15, 0.2) is 12.6 Å². The minimum atomic E-state index is -1.80. The van der Waals surface area contributed by atoms with Crippen molar-refractivity contribution in [3.05, 3.63) is 109 Å². The summed E-state index contributed by atoms with van der Waals surface area (Å²) in [6.07, 6.45) is 78.8. The molecule has 14 nitrogen and oxygen atoms in total. The number of carbonyl (C=O) groups excluding carboxylic acids is 1. The van der Waals surface area contributed by atoms with Crippen LogP contribution in [0, 0.1) is 0 Å². The van der Waals surface area contributed by atoms with Gasteiger partial charge in [-0.1, -0.05) is 322 Å². The van der Waals surface area contributed by atoms with Crippen LogP contribution < -0.4 is 5.32 Å². The van der Waals surface area contributed by atoms with Gasteiger partial charge in [-0.25, -0.2) is 0 Å². The first-order valence-corrected chi connectivity index (χ1v) is 39.6. The van der Waals surface area contributed by atoms with E-state index in [9.17, 15) is 45.6 Å². The molecule has 2 aliphatic heterocycles. The predicted octanol–water partition coefficient (Wildman–Crippen LogP) is 17.9. The van der Waals surface area contributed by atoms with Gasteiger partial charge in [0.25, 0.3) is 0 Å². The standard InChI is InChI=1S/C83H145NO13/c1-3-5-7-9-11-13-15-17-19-21-23-25-27-29-30-31-32-33-34-35-36-37-38-39-40-41-42-43-45-47-49-51-53-55-57-59-61-63-65-67-75(88)84-71(70-94-82-80(93)78(91)81(74(69-86)96-82)97-83-79(92)77(90)76(89)73(68-85)95-83)72(87)66-64-62-60-58-56-54-52-50-48-46-44-28-26-24-22-20-18-16-14-12-10-8-6-4-2/h5,7,11,13,17,19,23,25,29-30,32-33,48,50,56,58,64,66,71-74,76-83,85-87,89-93H,3-4,6,8-10,12,14-16,18,20-22,24,26-28,31,34-47,49,51-55,57,59-63,65,67-70H2,1-2H3,(H,84,88)/b7-5-,13-11-,19-17-,25-23-,30-29-,33-32-,50-48+,58-56+,66-64+. The van der Waals surface area contributed by atoms with Crippen LogP contribution in [0.3, 0.4) is 0 Å². The van der Waals surface area contributed by atoms with Gasteiger partial charge in [-0.15, -0.1) is 0 Å². The Morgan fingerprint density at radius 3 is 1.13 bits per heavy atom. The third kappa shape index (κ3) is 49.0. The molecule has 0 saturated carbocycles. The quantitative estimate of drug-likeness (QED) is 0.0204.